The number of aryl methyl sites for hydroxylation is 1. The van der Waals surface area contributed by atoms with Crippen molar-refractivity contribution in [3.05, 3.63) is 66.1 Å². The van der Waals surface area contributed by atoms with Gasteiger partial charge in [-0.25, -0.2) is 13.9 Å². The lowest BCUT2D eigenvalue weighted by atomic mass is 10.1. The summed E-state index contributed by atoms with van der Waals surface area (Å²) < 4.78 is 31.5. The Hall–Kier alpha value is -3.63. The van der Waals surface area contributed by atoms with Crippen LogP contribution in [0.2, 0.25) is 0 Å². The van der Waals surface area contributed by atoms with E-state index in [0.29, 0.717) is 30.8 Å². The Kier molecular flexibility index (Phi) is 5.75. The molecule has 1 saturated heterocycles. The molecule has 10 heteroatoms. The molecule has 180 valence electrons. The molecule has 1 aliphatic heterocycles. The standard InChI is InChI=1S/C25H26FN7O2/c1-31-23-12-21(26)17(10-18(23)13-28-31)11-20-15-27-24-6-5-22(30-33(20)24)19-14-29-32(16-19)7-9-35-25-4-2-3-8-34-25/h5-6,10,12-16,25H,2-4,7-9,11H2,1H3. The fourth-order valence-corrected chi connectivity index (χ4v) is 4.49. The smallest absolute Gasteiger partial charge is 0.157 e. The van der Waals surface area contributed by atoms with Crippen molar-refractivity contribution in [3.63, 3.8) is 0 Å². The largest absolute Gasteiger partial charge is 0.353 e. The molecule has 1 atom stereocenters. The van der Waals surface area contributed by atoms with Gasteiger partial charge >= 0.3 is 0 Å². The summed E-state index contributed by atoms with van der Waals surface area (Å²) in [7, 11) is 1.80. The van der Waals surface area contributed by atoms with Crippen LogP contribution in [0.1, 0.15) is 30.5 Å². The van der Waals surface area contributed by atoms with Crippen LogP contribution in [-0.2, 0) is 29.5 Å². The zero-order chi connectivity index (χ0) is 23.8. The third kappa shape index (κ3) is 4.42. The Balaban J connectivity index is 1.20. The minimum atomic E-state index is -0.269. The molecule has 5 aromatic rings. The molecule has 1 aromatic carbocycles. The number of nitrogens with zero attached hydrogens (tertiary/aromatic N) is 7. The van der Waals surface area contributed by atoms with E-state index in [1.807, 2.05) is 29.1 Å². The molecule has 0 saturated carbocycles. The van der Waals surface area contributed by atoms with Crippen LogP contribution in [0.5, 0.6) is 0 Å². The lowest BCUT2D eigenvalue weighted by Gasteiger charge is -2.22. The van der Waals surface area contributed by atoms with Gasteiger partial charge in [-0.05, 0) is 43.0 Å². The summed E-state index contributed by atoms with van der Waals surface area (Å²) in [6, 6.07) is 7.19. The second-order valence-corrected chi connectivity index (χ2v) is 8.84. The predicted octanol–water partition coefficient (Wildman–Crippen LogP) is 3.75. The second kappa shape index (κ2) is 9.20. The maximum atomic E-state index is 14.8. The van der Waals surface area contributed by atoms with Crippen LogP contribution in [0.3, 0.4) is 0 Å². The Morgan fingerprint density at radius 3 is 2.97 bits per heavy atom. The first-order valence-corrected chi connectivity index (χ1v) is 11.8. The number of hydrogen-bond donors (Lipinski definition) is 0. The van der Waals surface area contributed by atoms with Gasteiger partial charge in [0.25, 0.3) is 0 Å². The van der Waals surface area contributed by atoms with Gasteiger partial charge in [-0.1, -0.05) is 0 Å². The Bertz CT molecular complexity index is 1480. The monoisotopic (exact) mass is 475 g/mol. The van der Waals surface area contributed by atoms with E-state index in [1.165, 1.54) is 6.07 Å². The Labute approximate surface area is 201 Å². The van der Waals surface area contributed by atoms with Crippen LogP contribution in [0.15, 0.2) is 49.1 Å². The number of benzene rings is 1. The molecule has 0 radical (unpaired) electrons. The van der Waals surface area contributed by atoms with Gasteiger partial charge in [-0.2, -0.15) is 15.3 Å². The molecule has 35 heavy (non-hydrogen) atoms. The van der Waals surface area contributed by atoms with E-state index in [4.69, 9.17) is 14.6 Å². The average molecular weight is 476 g/mol. The summed E-state index contributed by atoms with van der Waals surface area (Å²) in [6.45, 7) is 1.94. The molecular weight excluding hydrogens is 449 g/mol. The Morgan fingerprint density at radius 2 is 2.09 bits per heavy atom. The summed E-state index contributed by atoms with van der Waals surface area (Å²) in [4.78, 5) is 4.45. The fourth-order valence-electron chi connectivity index (χ4n) is 4.49. The van der Waals surface area contributed by atoms with E-state index < -0.39 is 0 Å². The van der Waals surface area contributed by atoms with Crippen molar-refractivity contribution in [1.29, 1.82) is 0 Å². The minimum absolute atomic E-state index is 0.105. The van der Waals surface area contributed by atoms with Crippen molar-refractivity contribution in [3.8, 4) is 11.3 Å². The van der Waals surface area contributed by atoms with Gasteiger partial charge in [0.15, 0.2) is 11.9 Å². The van der Waals surface area contributed by atoms with Crippen LogP contribution in [-0.4, -0.2) is 53.7 Å². The normalized spacial score (nSPS) is 16.5. The summed E-state index contributed by atoms with van der Waals surface area (Å²) in [5.41, 5.74) is 4.51. The maximum absolute atomic E-state index is 14.8. The van der Waals surface area contributed by atoms with Gasteiger partial charge in [0.1, 0.15) is 5.82 Å². The van der Waals surface area contributed by atoms with Crippen LogP contribution in [0, 0.1) is 5.82 Å². The summed E-state index contributed by atoms with van der Waals surface area (Å²) in [5.74, 6) is -0.269. The zero-order valence-corrected chi connectivity index (χ0v) is 19.5. The van der Waals surface area contributed by atoms with E-state index >= 15 is 0 Å². The fraction of sp³-hybridized carbons (Fsp3) is 0.360. The van der Waals surface area contributed by atoms with Gasteiger partial charge in [0, 0.05) is 43.3 Å². The van der Waals surface area contributed by atoms with Crippen molar-refractivity contribution >= 4 is 16.6 Å². The topological polar surface area (TPSA) is 84.3 Å². The molecule has 1 aliphatic rings. The SMILES string of the molecule is Cn1ncc2cc(Cc3cnc4ccc(-c5cnn(CCOC6CCCCO6)c5)nn34)c(F)cc21. The first kappa shape index (κ1) is 21.9. The molecule has 0 bridgehead atoms. The summed E-state index contributed by atoms with van der Waals surface area (Å²) in [6.07, 6.45) is 10.7. The summed E-state index contributed by atoms with van der Waals surface area (Å²) in [5, 5.41) is 14.3. The molecule has 1 fully saturated rings. The molecule has 0 spiro atoms. The zero-order valence-electron chi connectivity index (χ0n) is 19.5. The molecule has 1 unspecified atom stereocenters. The quantitative estimate of drug-likeness (QED) is 0.357. The number of hydrogen-bond acceptors (Lipinski definition) is 6. The van der Waals surface area contributed by atoms with Crippen LogP contribution >= 0.6 is 0 Å². The van der Waals surface area contributed by atoms with E-state index in [2.05, 4.69) is 15.2 Å². The van der Waals surface area contributed by atoms with Crippen LogP contribution in [0.25, 0.3) is 27.8 Å². The van der Waals surface area contributed by atoms with E-state index in [1.54, 1.807) is 34.8 Å². The van der Waals surface area contributed by atoms with Crippen molar-refractivity contribution < 1.29 is 13.9 Å². The lowest BCUT2D eigenvalue weighted by Crippen LogP contribution is -2.24. The number of aromatic nitrogens is 7. The second-order valence-electron chi connectivity index (χ2n) is 8.84. The predicted molar refractivity (Wildman–Crippen MR) is 127 cm³/mol. The van der Waals surface area contributed by atoms with Crippen molar-refractivity contribution in [2.45, 2.75) is 38.5 Å². The highest BCUT2D eigenvalue weighted by atomic mass is 19.1. The molecule has 6 rings (SSSR count). The van der Waals surface area contributed by atoms with Crippen molar-refractivity contribution in [2.75, 3.05) is 13.2 Å². The molecule has 0 aliphatic carbocycles. The number of imidazole rings is 1. The van der Waals surface area contributed by atoms with Gasteiger partial charge < -0.3 is 9.47 Å². The van der Waals surface area contributed by atoms with Crippen LogP contribution < -0.4 is 0 Å². The maximum Gasteiger partial charge on any atom is 0.157 e. The third-order valence-corrected chi connectivity index (χ3v) is 6.41. The number of halogens is 1. The molecular formula is C25H26FN7O2. The molecule has 0 amide bonds. The molecule has 9 nitrogen and oxygen atoms in total. The van der Waals surface area contributed by atoms with Crippen molar-refractivity contribution in [1.82, 2.24) is 34.2 Å². The molecule has 0 N–H and O–H groups in total. The number of ether oxygens (including phenoxy) is 2. The minimum Gasteiger partial charge on any atom is -0.353 e. The highest BCUT2D eigenvalue weighted by molar-refractivity contribution is 5.79. The van der Waals surface area contributed by atoms with Gasteiger partial charge in [0.05, 0.1) is 48.6 Å². The molecule has 4 aromatic heterocycles. The molecule has 5 heterocycles. The highest BCUT2D eigenvalue weighted by Crippen LogP contribution is 2.23. The number of rotatable bonds is 7. The lowest BCUT2D eigenvalue weighted by molar-refractivity contribution is -0.163. The van der Waals surface area contributed by atoms with Gasteiger partial charge in [-0.3, -0.25) is 9.36 Å². The first-order valence-electron chi connectivity index (χ1n) is 11.8. The van der Waals surface area contributed by atoms with Crippen LogP contribution in [0.4, 0.5) is 4.39 Å². The van der Waals surface area contributed by atoms with E-state index in [0.717, 1.165) is 53.7 Å². The summed E-state index contributed by atoms with van der Waals surface area (Å²) >= 11 is 0. The van der Waals surface area contributed by atoms with E-state index in [9.17, 15) is 4.39 Å². The van der Waals surface area contributed by atoms with Crippen molar-refractivity contribution in [2.24, 2.45) is 7.05 Å². The third-order valence-electron chi connectivity index (χ3n) is 6.41. The first-order chi connectivity index (χ1) is 17.1. The van der Waals surface area contributed by atoms with Gasteiger partial charge in [-0.15, -0.1) is 0 Å². The highest BCUT2D eigenvalue weighted by Gasteiger charge is 2.15. The van der Waals surface area contributed by atoms with E-state index in [-0.39, 0.29) is 12.1 Å². The van der Waals surface area contributed by atoms with Gasteiger partial charge in [0.2, 0.25) is 0 Å². The average Bonchev–Trinajstić information content (AvgIpc) is 3.60. The number of fused-ring (bicyclic) bond motifs is 2. The Morgan fingerprint density at radius 1 is 1.14 bits per heavy atom.